The maximum atomic E-state index is 12.8. The Morgan fingerprint density at radius 1 is 1.26 bits per heavy atom. The molecule has 11 heteroatoms. The van der Waals surface area contributed by atoms with Gasteiger partial charge >= 0.3 is 6.55 Å². The molecule has 0 bridgehead atoms. The van der Waals surface area contributed by atoms with Crippen molar-refractivity contribution in [2.45, 2.75) is 18.1 Å². The van der Waals surface area contributed by atoms with Crippen LogP contribution < -0.4 is 0 Å². The summed E-state index contributed by atoms with van der Waals surface area (Å²) in [6, 6.07) is 0. The molecule has 3 rings (SSSR count). The Balaban J connectivity index is 1.62. The molecule has 0 atom stereocenters. The summed E-state index contributed by atoms with van der Waals surface area (Å²) >= 11 is 0. The van der Waals surface area contributed by atoms with Gasteiger partial charge in [0.25, 0.3) is 10.0 Å². The molecule has 1 N–H and O–H groups in total. The van der Waals surface area contributed by atoms with Crippen molar-refractivity contribution >= 4 is 10.0 Å². The van der Waals surface area contributed by atoms with E-state index in [1.807, 2.05) is 4.90 Å². The summed E-state index contributed by atoms with van der Waals surface area (Å²) in [7, 11) is -3.58. The quantitative estimate of drug-likeness (QED) is 0.852. The molecule has 0 aromatic carbocycles. The first-order valence-corrected chi connectivity index (χ1v) is 8.43. The molecule has 1 saturated heterocycles. The molecule has 0 saturated carbocycles. The lowest BCUT2D eigenvalue weighted by Crippen LogP contribution is -2.48. The van der Waals surface area contributed by atoms with Gasteiger partial charge in [0.1, 0.15) is 5.82 Å². The van der Waals surface area contributed by atoms with E-state index in [9.17, 15) is 17.2 Å². The predicted octanol–water partition coefficient (Wildman–Crippen LogP) is 0.508. The van der Waals surface area contributed by atoms with E-state index in [1.165, 1.54) is 29.2 Å². The Labute approximate surface area is 131 Å². The lowest BCUT2D eigenvalue weighted by molar-refractivity contribution is 0.0626. The predicted molar refractivity (Wildman–Crippen MR) is 76.1 cm³/mol. The molecule has 8 nitrogen and oxygen atoms in total. The van der Waals surface area contributed by atoms with Crippen molar-refractivity contribution in [3.05, 3.63) is 30.7 Å². The first-order chi connectivity index (χ1) is 11.0. The van der Waals surface area contributed by atoms with Crippen molar-refractivity contribution in [1.82, 2.24) is 28.7 Å². The molecule has 1 aliphatic heterocycles. The number of rotatable bonds is 5. The van der Waals surface area contributed by atoms with Gasteiger partial charge in [-0.1, -0.05) is 0 Å². The maximum Gasteiger partial charge on any atom is 0.319 e. The number of H-pyrrole nitrogens is 1. The Bertz CT molecular complexity index is 737. The molecule has 1 aliphatic rings. The lowest BCUT2D eigenvalue weighted by Gasteiger charge is -2.33. The fraction of sp³-hybridized carbons (Fsp3) is 0.500. The van der Waals surface area contributed by atoms with Gasteiger partial charge in [0.15, 0.2) is 5.03 Å². The Morgan fingerprint density at radius 3 is 2.61 bits per heavy atom. The van der Waals surface area contributed by atoms with E-state index >= 15 is 0 Å². The number of imidazole rings is 2. The summed E-state index contributed by atoms with van der Waals surface area (Å²) in [6.45, 7) is -0.898. The molecule has 2 aromatic heterocycles. The second-order valence-electron chi connectivity index (χ2n) is 5.12. The maximum absolute atomic E-state index is 12.8. The topological polar surface area (TPSA) is 87.1 Å². The highest BCUT2D eigenvalue weighted by molar-refractivity contribution is 7.89. The van der Waals surface area contributed by atoms with Crippen LogP contribution in [0.5, 0.6) is 0 Å². The minimum absolute atomic E-state index is 0.0548. The zero-order chi connectivity index (χ0) is 16.4. The average Bonchev–Trinajstić information content (AvgIpc) is 3.19. The van der Waals surface area contributed by atoms with Gasteiger partial charge in [-0.2, -0.15) is 13.1 Å². The van der Waals surface area contributed by atoms with Crippen molar-refractivity contribution < 1.29 is 17.2 Å². The second-order valence-corrected chi connectivity index (χ2v) is 7.03. The molecule has 1 fully saturated rings. The summed E-state index contributed by atoms with van der Waals surface area (Å²) < 4.78 is 52.4. The molecule has 0 amide bonds. The van der Waals surface area contributed by atoms with Gasteiger partial charge in [-0.15, -0.1) is 0 Å². The summed E-state index contributed by atoms with van der Waals surface area (Å²) in [6.07, 6.45) is 5.15. The van der Waals surface area contributed by atoms with Crippen LogP contribution in [0.15, 0.2) is 29.9 Å². The van der Waals surface area contributed by atoms with Crippen LogP contribution >= 0.6 is 0 Å². The molecular weight excluding hydrogens is 330 g/mol. The lowest BCUT2D eigenvalue weighted by atomic mass is 10.3. The zero-order valence-corrected chi connectivity index (χ0v) is 13.0. The molecule has 0 unspecified atom stereocenters. The fourth-order valence-corrected chi connectivity index (χ4v) is 3.81. The van der Waals surface area contributed by atoms with E-state index in [4.69, 9.17) is 0 Å². The number of halogens is 2. The van der Waals surface area contributed by atoms with Gasteiger partial charge in [0.2, 0.25) is 0 Å². The van der Waals surface area contributed by atoms with Gasteiger partial charge in [-0.25, -0.2) is 18.4 Å². The van der Waals surface area contributed by atoms with E-state index in [0.29, 0.717) is 13.1 Å². The van der Waals surface area contributed by atoms with E-state index in [1.54, 1.807) is 0 Å². The van der Waals surface area contributed by atoms with Crippen molar-refractivity contribution in [2.24, 2.45) is 0 Å². The van der Waals surface area contributed by atoms with Gasteiger partial charge in [-0.05, 0) is 0 Å². The highest BCUT2D eigenvalue weighted by Gasteiger charge is 2.30. The van der Waals surface area contributed by atoms with E-state index < -0.39 is 16.6 Å². The Kier molecular flexibility index (Phi) is 4.41. The first-order valence-electron chi connectivity index (χ1n) is 6.99. The Hall–Kier alpha value is -1.85. The van der Waals surface area contributed by atoms with Crippen LogP contribution in [-0.2, 0) is 16.6 Å². The van der Waals surface area contributed by atoms with Gasteiger partial charge in [0.05, 0.1) is 19.1 Å². The third kappa shape index (κ3) is 3.26. The van der Waals surface area contributed by atoms with Crippen molar-refractivity contribution in [3.8, 4) is 0 Å². The number of nitrogens with zero attached hydrogens (tertiary/aromatic N) is 5. The molecule has 0 spiro atoms. The Morgan fingerprint density at radius 2 is 2.00 bits per heavy atom. The molecule has 3 heterocycles. The number of piperazine rings is 1. The van der Waals surface area contributed by atoms with E-state index in [0.717, 1.165) is 4.57 Å². The minimum Gasteiger partial charge on any atom is -0.335 e. The van der Waals surface area contributed by atoms with Crippen LogP contribution in [0, 0.1) is 0 Å². The zero-order valence-electron chi connectivity index (χ0n) is 12.1. The van der Waals surface area contributed by atoms with Crippen LogP contribution in [0.1, 0.15) is 12.4 Å². The highest BCUT2D eigenvalue weighted by Crippen LogP contribution is 2.17. The van der Waals surface area contributed by atoms with Crippen LogP contribution in [-0.4, -0.2) is 63.3 Å². The van der Waals surface area contributed by atoms with Crippen molar-refractivity contribution in [1.29, 1.82) is 0 Å². The van der Waals surface area contributed by atoms with E-state index in [-0.39, 0.29) is 30.5 Å². The minimum atomic E-state index is -3.58. The van der Waals surface area contributed by atoms with Crippen molar-refractivity contribution in [2.75, 3.05) is 26.2 Å². The standard InChI is InChI=1S/C12H16F2N6O2S/c13-12(14)20-2-1-16-10(20)8-18-3-5-19(6-4-18)23(21,22)11-7-15-9-17-11/h1-2,7,9,12H,3-6,8H2,(H,15,17). The van der Waals surface area contributed by atoms with Crippen LogP contribution in [0.4, 0.5) is 8.78 Å². The van der Waals surface area contributed by atoms with Gasteiger partial charge in [-0.3, -0.25) is 9.47 Å². The SMILES string of the molecule is O=S(=O)(c1cnc[nH]1)N1CCN(Cc2nccn2C(F)F)CC1. The van der Waals surface area contributed by atoms with Gasteiger partial charge in [0, 0.05) is 38.6 Å². The third-order valence-corrected chi connectivity index (χ3v) is 5.57. The highest BCUT2D eigenvalue weighted by atomic mass is 32.2. The number of nitrogens with one attached hydrogen (secondary N) is 1. The summed E-state index contributed by atoms with van der Waals surface area (Å²) in [5.41, 5.74) is 0. The van der Waals surface area contributed by atoms with Gasteiger partial charge < -0.3 is 4.98 Å². The number of hydrogen-bond acceptors (Lipinski definition) is 5. The summed E-state index contributed by atoms with van der Waals surface area (Å²) in [4.78, 5) is 12.2. The molecule has 0 radical (unpaired) electrons. The number of aromatic amines is 1. The molecule has 126 valence electrons. The largest absolute Gasteiger partial charge is 0.335 e. The fourth-order valence-electron chi connectivity index (χ4n) is 2.50. The summed E-state index contributed by atoms with van der Waals surface area (Å²) in [5.74, 6) is 0.268. The third-order valence-electron chi connectivity index (χ3n) is 3.75. The normalized spacial score (nSPS) is 17.9. The molecular formula is C12H16F2N6O2S. The number of sulfonamides is 1. The second kappa shape index (κ2) is 6.34. The average molecular weight is 346 g/mol. The van der Waals surface area contributed by atoms with Crippen LogP contribution in [0.3, 0.4) is 0 Å². The smallest absolute Gasteiger partial charge is 0.319 e. The number of alkyl halides is 2. The molecule has 23 heavy (non-hydrogen) atoms. The van der Waals surface area contributed by atoms with E-state index in [2.05, 4.69) is 15.0 Å². The number of aromatic nitrogens is 4. The summed E-state index contributed by atoms with van der Waals surface area (Å²) in [5, 5.41) is 0.0548. The monoisotopic (exact) mass is 346 g/mol. The van der Waals surface area contributed by atoms with Crippen LogP contribution in [0.25, 0.3) is 0 Å². The molecule has 2 aromatic rings. The number of hydrogen-bond donors (Lipinski definition) is 1. The first kappa shape index (κ1) is 16.0. The van der Waals surface area contributed by atoms with Crippen molar-refractivity contribution in [3.63, 3.8) is 0 Å². The molecule has 0 aliphatic carbocycles. The van der Waals surface area contributed by atoms with Crippen LogP contribution in [0.2, 0.25) is 0 Å².